The number of aromatic nitrogens is 3. The highest BCUT2D eigenvalue weighted by atomic mass is 79.9. The van der Waals surface area contributed by atoms with Crippen LogP contribution < -0.4 is 10.1 Å². The zero-order chi connectivity index (χ0) is 33.1. The summed E-state index contributed by atoms with van der Waals surface area (Å²) in [6.45, 7) is 19.9. The van der Waals surface area contributed by atoms with E-state index in [2.05, 4.69) is 77.3 Å². The highest BCUT2D eigenvalue weighted by Crippen LogP contribution is 2.39. The van der Waals surface area contributed by atoms with E-state index in [0.29, 0.717) is 30.7 Å². The molecule has 0 unspecified atom stereocenters. The number of likely N-dealkylation sites (tertiary alicyclic amines) is 1. The number of carbonyl (C=O) groups excluding carboxylic acids is 2. The molecule has 2 aromatic heterocycles. The number of halogens is 1. The van der Waals surface area contributed by atoms with Crippen LogP contribution in [0.5, 0.6) is 5.75 Å². The summed E-state index contributed by atoms with van der Waals surface area (Å²) in [7, 11) is -2.15. The first-order valence-electron chi connectivity index (χ1n) is 15.6. The molecular weight excluding hydrogens is 670 g/mol. The van der Waals surface area contributed by atoms with Gasteiger partial charge < -0.3 is 19.4 Å². The van der Waals surface area contributed by atoms with E-state index in [-0.39, 0.29) is 34.9 Å². The third kappa shape index (κ3) is 8.25. The number of hydrogen-bond acceptors (Lipinski definition) is 7. The van der Waals surface area contributed by atoms with Crippen molar-refractivity contribution in [2.24, 2.45) is 5.92 Å². The van der Waals surface area contributed by atoms with Gasteiger partial charge in [-0.05, 0) is 49.0 Å². The molecule has 0 bridgehead atoms. The second kappa shape index (κ2) is 14.5. The van der Waals surface area contributed by atoms with E-state index in [0.717, 1.165) is 21.7 Å². The molecule has 0 spiro atoms. The molecular formula is C33H48BrN5O4SSi. The molecule has 1 N–H and O–H groups in total. The van der Waals surface area contributed by atoms with Gasteiger partial charge in [0.15, 0.2) is 14.1 Å². The van der Waals surface area contributed by atoms with E-state index >= 15 is 0 Å². The maximum atomic E-state index is 14.4. The summed E-state index contributed by atoms with van der Waals surface area (Å²) in [4.78, 5) is 35.6. The molecule has 0 aliphatic carbocycles. The fraction of sp³-hybridized carbons (Fsp3) is 0.576. The van der Waals surface area contributed by atoms with E-state index in [1.165, 1.54) is 0 Å². The summed E-state index contributed by atoms with van der Waals surface area (Å²) < 4.78 is 14.2. The van der Waals surface area contributed by atoms with Crippen LogP contribution in [-0.4, -0.2) is 70.4 Å². The summed E-state index contributed by atoms with van der Waals surface area (Å²) in [6, 6.07) is 6.74. The Labute approximate surface area is 281 Å². The van der Waals surface area contributed by atoms with Gasteiger partial charge in [-0.15, -0.1) is 11.3 Å². The van der Waals surface area contributed by atoms with Crippen LogP contribution in [0, 0.1) is 12.8 Å². The van der Waals surface area contributed by atoms with Gasteiger partial charge in [0.05, 0.1) is 47.2 Å². The Morgan fingerprint density at radius 1 is 1.18 bits per heavy atom. The first kappa shape index (κ1) is 35.3. The van der Waals surface area contributed by atoms with Crippen molar-refractivity contribution in [1.29, 1.82) is 0 Å². The molecule has 1 aromatic carbocycles. The van der Waals surface area contributed by atoms with Crippen LogP contribution in [-0.2, 0) is 14.0 Å². The molecule has 1 fully saturated rings. The average Bonchev–Trinajstić information content (AvgIpc) is 3.71. The van der Waals surface area contributed by atoms with Crippen molar-refractivity contribution < 1.29 is 18.8 Å². The van der Waals surface area contributed by atoms with Crippen molar-refractivity contribution in [3.63, 3.8) is 0 Å². The Morgan fingerprint density at radius 2 is 1.87 bits per heavy atom. The number of amides is 2. The number of aryl methyl sites for hydroxylation is 1. The molecule has 12 heteroatoms. The monoisotopic (exact) mass is 717 g/mol. The molecule has 4 rings (SSSR count). The topological polar surface area (TPSA) is 98.6 Å². The first-order valence-corrected chi connectivity index (χ1v) is 20.6. The van der Waals surface area contributed by atoms with Gasteiger partial charge in [-0.2, -0.15) is 5.10 Å². The molecule has 1 saturated heterocycles. The Kier molecular flexibility index (Phi) is 11.4. The number of benzene rings is 1. The van der Waals surface area contributed by atoms with Crippen molar-refractivity contribution >= 4 is 47.4 Å². The van der Waals surface area contributed by atoms with E-state index in [9.17, 15) is 9.59 Å². The summed E-state index contributed by atoms with van der Waals surface area (Å²) in [5.41, 5.74) is 4.96. The largest absolute Gasteiger partial charge is 0.489 e. The Hall–Kier alpha value is -2.54. The van der Waals surface area contributed by atoms with E-state index in [4.69, 9.17) is 9.16 Å². The number of alkyl halides is 1. The molecule has 9 nitrogen and oxygen atoms in total. The lowest BCUT2D eigenvalue weighted by Crippen LogP contribution is -2.49. The van der Waals surface area contributed by atoms with Gasteiger partial charge in [-0.1, -0.05) is 74.8 Å². The highest BCUT2D eigenvalue weighted by molar-refractivity contribution is 9.09. The minimum absolute atomic E-state index is 0.00162. The zero-order valence-electron chi connectivity index (χ0n) is 28.0. The van der Waals surface area contributed by atoms with Crippen molar-refractivity contribution in [3.8, 4) is 16.2 Å². The van der Waals surface area contributed by atoms with Crippen molar-refractivity contribution in [1.82, 2.24) is 25.0 Å². The van der Waals surface area contributed by atoms with E-state index < -0.39 is 20.4 Å². The Bertz CT molecular complexity index is 1450. The fourth-order valence-electron chi connectivity index (χ4n) is 5.44. The van der Waals surface area contributed by atoms with Crippen molar-refractivity contribution in [2.75, 3.05) is 18.5 Å². The first-order chi connectivity index (χ1) is 21.1. The number of nitrogens with zero attached hydrogens (tertiary/aromatic N) is 4. The second-order valence-electron chi connectivity index (χ2n) is 13.7. The van der Waals surface area contributed by atoms with Crippen LogP contribution in [0.3, 0.4) is 0 Å². The maximum absolute atomic E-state index is 14.4. The summed E-state index contributed by atoms with van der Waals surface area (Å²) in [5, 5.41) is 8.38. The number of ether oxygens (including phenoxy) is 1. The van der Waals surface area contributed by atoms with Gasteiger partial charge >= 0.3 is 0 Å². The normalized spacial score (nSPS) is 18.7. The molecule has 3 heterocycles. The number of hydrogen-bond donors (Lipinski definition) is 1. The van der Waals surface area contributed by atoms with E-state index in [1.54, 1.807) is 33.3 Å². The van der Waals surface area contributed by atoms with Gasteiger partial charge in [-0.3, -0.25) is 14.3 Å². The zero-order valence-corrected chi connectivity index (χ0v) is 31.4. The molecule has 0 saturated carbocycles. The summed E-state index contributed by atoms with van der Waals surface area (Å²) in [5.74, 6) is 0.223. The molecule has 1 aliphatic heterocycles. The molecule has 3 aromatic rings. The molecule has 246 valence electrons. The number of thiazole rings is 1. The Morgan fingerprint density at radius 3 is 2.44 bits per heavy atom. The van der Waals surface area contributed by atoms with Crippen LogP contribution in [0.4, 0.5) is 0 Å². The minimum atomic E-state index is -2.15. The van der Waals surface area contributed by atoms with Gasteiger partial charge in [0.25, 0.3) is 0 Å². The van der Waals surface area contributed by atoms with Gasteiger partial charge in [0.2, 0.25) is 11.8 Å². The molecule has 2 amide bonds. The quantitative estimate of drug-likeness (QED) is 0.158. The lowest BCUT2D eigenvalue weighted by atomic mass is 10.0. The van der Waals surface area contributed by atoms with Crippen molar-refractivity contribution in [2.45, 2.75) is 97.2 Å². The van der Waals surface area contributed by atoms with Crippen LogP contribution in [0.1, 0.15) is 71.3 Å². The standard InChI is InChI=1S/C33H48BrN5O4SSi/c1-21(2)29(39-19-27(17-36-39)42-15-14-34)32(41)38-18-26(43-45(8,9)33(5,6)7)16-28(38)31(40)37-22(3)24-10-12-25(13-11-24)30-23(4)35-20-44-30/h10-13,17,19-22,26,28-29H,14-16,18H2,1-9H3,(H,37,40)/t22-,26+,28-,29-/m0/s1. The number of nitrogens with one attached hydrogen (secondary N) is 1. The molecule has 1 aliphatic rings. The smallest absolute Gasteiger partial charge is 0.248 e. The lowest BCUT2D eigenvalue weighted by molar-refractivity contribution is -0.142. The van der Waals surface area contributed by atoms with Crippen LogP contribution >= 0.6 is 27.3 Å². The molecule has 0 radical (unpaired) electrons. The van der Waals surface area contributed by atoms with Gasteiger partial charge in [0.1, 0.15) is 12.1 Å². The maximum Gasteiger partial charge on any atom is 0.248 e. The minimum Gasteiger partial charge on any atom is -0.489 e. The average molecular weight is 719 g/mol. The number of rotatable bonds is 12. The van der Waals surface area contributed by atoms with Gasteiger partial charge in [0, 0.05) is 18.3 Å². The SMILES string of the molecule is Cc1ncsc1-c1ccc([C@H](C)NC(=O)[C@@H]2C[C@@H](O[Si](C)(C)C(C)(C)C)CN2C(=O)[C@H](C(C)C)n2cc(OCCBr)cn2)cc1. The third-order valence-electron chi connectivity index (χ3n) is 8.99. The fourth-order valence-corrected chi connectivity index (χ4v) is 7.77. The predicted molar refractivity (Wildman–Crippen MR) is 186 cm³/mol. The molecule has 45 heavy (non-hydrogen) atoms. The van der Waals surface area contributed by atoms with Gasteiger partial charge in [-0.25, -0.2) is 4.98 Å². The lowest BCUT2D eigenvalue weighted by Gasteiger charge is -2.38. The van der Waals surface area contributed by atoms with Crippen LogP contribution in [0.2, 0.25) is 18.1 Å². The second-order valence-corrected chi connectivity index (χ2v) is 20.1. The third-order valence-corrected chi connectivity index (χ3v) is 14.8. The highest BCUT2D eigenvalue weighted by Gasteiger charge is 2.47. The van der Waals surface area contributed by atoms with Crippen LogP contribution in [0.25, 0.3) is 10.4 Å². The van der Waals surface area contributed by atoms with Crippen LogP contribution in [0.15, 0.2) is 42.2 Å². The van der Waals surface area contributed by atoms with E-state index in [1.807, 2.05) is 45.3 Å². The molecule has 4 atom stereocenters. The summed E-state index contributed by atoms with van der Waals surface area (Å²) in [6.07, 6.45) is 3.61. The predicted octanol–water partition coefficient (Wildman–Crippen LogP) is 7.15. The Balaban J connectivity index is 1.57. The van der Waals surface area contributed by atoms with Crippen molar-refractivity contribution in [3.05, 3.63) is 53.4 Å². The summed E-state index contributed by atoms with van der Waals surface area (Å²) >= 11 is 4.99. The number of carbonyl (C=O) groups is 2.